The van der Waals surface area contributed by atoms with Crippen molar-refractivity contribution in [2.45, 2.75) is 25.4 Å². The number of carbonyl (C=O) groups is 2. The van der Waals surface area contributed by atoms with E-state index in [1.807, 2.05) is 0 Å². The van der Waals surface area contributed by atoms with E-state index in [0.717, 1.165) is 12.1 Å². The molecule has 0 aliphatic carbocycles. The standard InChI is InChI=1S/C13H17N3O3/c1-16-8-11(4-5-12(16)17)15-7-10-3-2-9(6-14-10)13(18)19/h2-3,6,11,15H,4-5,7-8H2,1H3,(H,18,19). The molecule has 1 atom stereocenters. The van der Waals surface area contributed by atoms with Crippen LogP contribution in [0, 0.1) is 0 Å². The molecule has 1 aliphatic rings. The number of amides is 1. The maximum absolute atomic E-state index is 11.3. The van der Waals surface area contributed by atoms with Crippen LogP contribution >= 0.6 is 0 Å². The van der Waals surface area contributed by atoms with Crippen molar-refractivity contribution >= 4 is 11.9 Å². The van der Waals surface area contributed by atoms with Crippen molar-refractivity contribution in [1.82, 2.24) is 15.2 Å². The normalized spacial score (nSPS) is 19.5. The Labute approximate surface area is 111 Å². The Bertz CT molecular complexity index is 473. The predicted molar refractivity (Wildman–Crippen MR) is 68.7 cm³/mol. The third-order valence-corrected chi connectivity index (χ3v) is 3.27. The zero-order valence-electron chi connectivity index (χ0n) is 10.8. The van der Waals surface area contributed by atoms with Gasteiger partial charge in [-0.2, -0.15) is 0 Å². The van der Waals surface area contributed by atoms with Crippen LogP contribution in [0.5, 0.6) is 0 Å². The van der Waals surface area contributed by atoms with E-state index in [9.17, 15) is 9.59 Å². The molecular formula is C13H17N3O3. The number of carboxylic acid groups (broad SMARTS) is 1. The van der Waals surface area contributed by atoms with Crippen molar-refractivity contribution in [1.29, 1.82) is 0 Å². The number of nitrogens with zero attached hydrogens (tertiary/aromatic N) is 2. The number of carboxylic acids is 1. The number of aromatic nitrogens is 1. The second-order valence-corrected chi connectivity index (χ2v) is 4.73. The third-order valence-electron chi connectivity index (χ3n) is 3.27. The zero-order valence-corrected chi connectivity index (χ0v) is 10.8. The summed E-state index contributed by atoms with van der Waals surface area (Å²) in [5.41, 5.74) is 0.983. The highest BCUT2D eigenvalue weighted by Gasteiger charge is 2.22. The number of rotatable bonds is 4. The van der Waals surface area contributed by atoms with Gasteiger partial charge in [0.25, 0.3) is 0 Å². The minimum absolute atomic E-state index is 0.182. The molecule has 1 saturated heterocycles. The van der Waals surface area contributed by atoms with Crippen LogP contribution in [0.4, 0.5) is 0 Å². The molecule has 0 saturated carbocycles. The van der Waals surface area contributed by atoms with Gasteiger partial charge in [-0.1, -0.05) is 0 Å². The SMILES string of the molecule is CN1CC(NCc2ccc(C(=O)O)cn2)CCC1=O. The molecule has 1 aromatic heterocycles. The molecule has 0 spiro atoms. The molecule has 102 valence electrons. The Morgan fingerprint density at radius 1 is 1.58 bits per heavy atom. The van der Waals surface area contributed by atoms with Gasteiger partial charge in [0, 0.05) is 38.8 Å². The van der Waals surface area contributed by atoms with Gasteiger partial charge in [0.05, 0.1) is 11.3 Å². The molecule has 0 aromatic carbocycles. The Hall–Kier alpha value is -1.95. The van der Waals surface area contributed by atoms with E-state index >= 15 is 0 Å². The van der Waals surface area contributed by atoms with Crippen molar-refractivity contribution in [3.8, 4) is 0 Å². The number of piperidine rings is 1. The lowest BCUT2D eigenvalue weighted by molar-refractivity contribution is -0.132. The number of hydrogen-bond donors (Lipinski definition) is 2. The van der Waals surface area contributed by atoms with E-state index < -0.39 is 5.97 Å². The summed E-state index contributed by atoms with van der Waals surface area (Å²) in [5.74, 6) is -0.790. The average Bonchev–Trinajstić information content (AvgIpc) is 2.40. The fraction of sp³-hybridized carbons (Fsp3) is 0.462. The first kappa shape index (κ1) is 13.5. The molecule has 1 amide bonds. The van der Waals surface area contributed by atoms with Crippen molar-refractivity contribution in [2.24, 2.45) is 0 Å². The third kappa shape index (κ3) is 3.51. The highest BCUT2D eigenvalue weighted by atomic mass is 16.4. The number of aromatic carboxylic acids is 1. The topological polar surface area (TPSA) is 82.5 Å². The van der Waals surface area contributed by atoms with Gasteiger partial charge >= 0.3 is 5.97 Å². The van der Waals surface area contributed by atoms with E-state index in [0.29, 0.717) is 19.5 Å². The largest absolute Gasteiger partial charge is 0.478 e. The molecule has 1 aromatic rings. The van der Waals surface area contributed by atoms with Gasteiger partial charge in [0.15, 0.2) is 0 Å². The number of hydrogen-bond acceptors (Lipinski definition) is 4. The predicted octanol–water partition coefficient (Wildman–Crippen LogP) is 0.490. The lowest BCUT2D eigenvalue weighted by Crippen LogP contribution is -2.46. The van der Waals surface area contributed by atoms with E-state index in [-0.39, 0.29) is 17.5 Å². The number of carbonyl (C=O) groups excluding carboxylic acids is 1. The Kier molecular flexibility index (Phi) is 4.11. The highest BCUT2D eigenvalue weighted by molar-refractivity contribution is 5.87. The van der Waals surface area contributed by atoms with E-state index in [2.05, 4.69) is 10.3 Å². The van der Waals surface area contributed by atoms with Gasteiger partial charge < -0.3 is 15.3 Å². The maximum Gasteiger partial charge on any atom is 0.337 e. The number of nitrogens with one attached hydrogen (secondary N) is 1. The van der Waals surface area contributed by atoms with Crippen LogP contribution in [0.15, 0.2) is 18.3 Å². The number of likely N-dealkylation sites (tertiary alicyclic amines) is 1. The number of likely N-dealkylation sites (N-methyl/N-ethyl adjacent to an activating group) is 1. The summed E-state index contributed by atoms with van der Waals surface area (Å²) in [6, 6.07) is 3.51. The van der Waals surface area contributed by atoms with Crippen LogP contribution in [-0.2, 0) is 11.3 Å². The molecule has 6 heteroatoms. The molecule has 1 aliphatic heterocycles. The molecule has 0 radical (unpaired) electrons. The minimum atomic E-state index is -0.973. The smallest absolute Gasteiger partial charge is 0.337 e. The van der Waals surface area contributed by atoms with E-state index in [1.165, 1.54) is 6.20 Å². The summed E-state index contributed by atoms with van der Waals surface area (Å²) in [5, 5.41) is 12.1. The number of pyridine rings is 1. The summed E-state index contributed by atoms with van der Waals surface area (Å²) in [4.78, 5) is 27.9. The summed E-state index contributed by atoms with van der Waals surface area (Å²) in [7, 11) is 1.80. The summed E-state index contributed by atoms with van der Waals surface area (Å²) in [6.07, 6.45) is 2.76. The fourth-order valence-corrected chi connectivity index (χ4v) is 2.08. The monoisotopic (exact) mass is 263 g/mol. The van der Waals surface area contributed by atoms with Gasteiger partial charge in [-0.05, 0) is 18.6 Å². The first-order chi connectivity index (χ1) is 9.06. The van der Waals surface area contributed by atoms with Gasteiger partial charge in [0.2, 0.25) is 5.91 Å². The lowest BCUT2D eigenvalue weighted by Gasteiger charge is -2.30. The first-order valence-corrected chi connectivity index (χ1v) is 6.22. The molecule has 2 N–H and O–H groups in total. The van der Waals surface area contributed by atoms with Crippen molar-refractivity contribution in [3.05, 3.63) is 29.6 Å². The van der Waals surface area contributed by atoms with Crippen LogP contribution in [-0.4, -0.2) is 46.5 Å². The van der Waals surface area contributed by atoms with Gasteiger partial charge in [0.1, 0.15) is 0 Å². The zero-order chi connectivity index (χ0) is 13.8. The van der Waals surface area contributed by atoms with Crippen LogP contribution in [0.1, 0.15) is 28.9 Å². The van der Waals surface area contributed by atoms with Crippen molar-refractivity contribution in [2.75, 3.05) is 13.6 Å². The van der Waals surface area contributed by atoms with E-state index in [1.54, 1.807) is 24.1 Å². The van der Waals surface area contributed by atoms with Crippen molar-refractivity contribution in [3.63, 3.8) is 0 Å². The molecule has 0 bridgehead atoms. The van der Waals surface area contributed by atoms with E-state index in [4.69, 9.17) is 5.11 Å². The molecule has 19 heavy (non-hydrogen) atoms. The van der Waals surface area contributed by atoms with Crippen molar-refractivity contribution < 1.29 is 14.7 Å². The van der Waals surface area contributed by atoms with Crippen LogP contribution < -0.4 is 5.32 Å². The fourth-order valence-electron chi connectivity index (χ4n) is 2.08. The Balaban J connectivity index is 1.85. The van der Waals surface area contributed by atoms with Crippen LogP contribution in [0.3, 0.4) is 0 Å². The highest BCUT2D eigenvalue weighted by Crippen LogP contribution is 2.10. The molecule has 1 unspecified atom stereocenters. The molecule has 2 rings (SSSR count). The first-order valence-electron chi connectivity index (χ1n) is 6.22. The molecule has 6 nitrogen and oxygen atoms in total. The van der Waals surface area contributed by atoms with Crippen LogP contribution in [0.2, 0.25) is 0 Å². The second-order valence-electron chi connectivity index (χ2n) is 4.73. The summed E-state index contributed by atoms with van der Waals surface area (Å²) in [6.45, 7) is 1.28. The van der Waals surface area contributed by atoms with Gasteiger partial charge in [-0.25, -0.2) is 4.79 Å². The maximum atomic E-state index is 11.3. The van der Waals surface area contributed by atoms with Gasteiger partial charge in [-0.3, -0.25) is 9.78 Å². The average molecular weight is 263 g/mol. The second kappa shape index (κ2) is 5.79. The molecule has 1 fully saturated rings. The Morgan fingerprint density at radius 3 is 2.95 bits per heavy atom. The Morgan fingerprint density at radius 2 is 2.37 bits per heavy atom. The summed E-state index contributed by atoms with van der Waals surface area (Å²) < 4.78 is 0. The molecular weight excluding hydrogens is 246 g/mol. The summed E-state index contributed by atoms with van der Waals surface area (Å²) >= 11 is 0. The van der Waals surface area contributed by atoms with Crippen LogP contribution in [0.25, 0.3) is 0 Å². The lowest BCUT2D eigenvalue weighted by atomic mass is 10.1. The quantitative estimate of drug-likeness (QED) is 0.826. The van der Waals surface area contributed by atoms with Gasteiger partial charge in [-0.15, -0.1) is 0 Å². The minimum Gasteiger partial charge on any atom is -0.478 e. The molecule has 2 heterocycles.